The normalized spacial score (nSPS) is 15.4. The average Bonchev–Trinajstić information content (AvgIpc) is 2.80. The Morgan fingerprint density at radius 2 is 1.87 bits per heavy atom. The number of hydrogen-bond acceptors (Lipinski definition) is 5. The van der Waals surface area contributed by atoms with Crippen LogP contribution in [0.25, 0.3) is 0 Å². The summed E-state index contributed by atoms with van der Waals surface area (Å²) in [6, 6.07) is 14.2. The van der Waals surface area contributed by atoms with E-state index < -0.39 is 10.8 Å². The van der Waals surface area contributed by atoms with Crippen LogP contribution in [0.2, 0.25) is 0 Å². The Morgan fingerprint density at radius 1 is 1.19 bits per heavy atom. The number of thioether (sulfide) groups is 1. The molecule has 0 aromatic heterocycles. The fourth-order valence-corrected chi connectivity index (χ4v) is 4.39. The van der Waals surface area contributed by atoms with Gasteiger partial charge in [-0.05, 0) is 43.2 Å². The van der Waals surface area contributed by atoms with Crippen molar-refractivity contribution in [2.45, 2.75) is 43.0 Å². The molecule has 1 aliphatic rings. The molecule has 8 heteroatoms. The molecular weight excluding hydrogens is 414 g/mol. The minimum atomic E-state index is -0.533. The number of piperidine rings is 1. The first-order valence-electron chi connectivity index (χ1n) is 10.4. The zero-order valence-electron chi connectivity index (χ0n) is 17.7. The number of likely N-dealkylation sites (tertiary alicyclic amines) is 1. The lowest BCUT2D eigenvalue weighted by atomic mass is 9.93. The molecule has 1 unspecified atom stereocenters. The van der Waals surface area contributed by atoms with E-state index in [9.17, 15) is 19.7 Å². The second kappa shape index (κ2) is 10.4. The molecule has 0 saturated carbocycles. The van der Waals surface area contributed by atoms with Crippen molar-refractivity contribution in [3.63, 3.8) is 0 Å². The third kappa shape index (κ3) is 5.44. The molecule has 1 atom stereocenters. The van der Waals surface area contributed by atoms with Crippen LogP contribution in [0.15, 0.2) is 53.4 Å². The third-order valence-electron chi connectivity index (χ3n) is 5.70. The van der Waals surface area contributed by atoms with E-state index in [-0.39, 0.29) is 29.1 Å². The second-order valence-electron chi connectivity index (χ2n) is 7.58. The first kappa shape index (κ1) is 22.8. The van der Waals surface area contributed by atoms with Gasteiger partial charge in [-0.25, -0.2) is 0 Å². The second-order valence-corrected chi connectivity index (χ2v) is 8.46. The molecule has 1 saturated heterocycles. The standard InChI is InChI=1S/C23H27N3O4S/c1-3-19(16-7-5-4-6-8-16)23(28)25-13-11-17(12-14-25)24-22(27)20-15-18(31-2)9-10-21(20)26(29)30/h4-10,15,17,19H,3,11-14H2,1-2H3,(H,24,27). The Kier molecular flexibility index (Phi) is 7.68. The van der Waals surface area contributed by atoms with E-state index in [0.717, 1.165) is 16.9 Å². The van der Waals surface area contributed by atoms with Crippen molar-refractivity contribution in [3.05, 3.63) is 69.8 Å². The van der Waals surface area contributed by atoms with E-state index in [4.69, 9.17) is 0 Å². The van der Waals surface area contributed by atoms with Gasteiger partial charge in [0, 0.05) is 30.1 Å². The lowest BCUT2D eigenvalue weighted by Crippen LogP contribution is -2.47. The van der Waals surface area contributed by atoms with Gasteiger partial charge in [-0.3, -0.25) is 19.7 Å². The van der Waals surface area contributed by atoms with Crippen LogP contribution in [0.1, 0.15) is 48.0 Å². The van der Waals surface area contributed by atoms with Crippen LogP contribution in [0, 0.1) is 10.1 Å². The molecule has 0 aliphatic carbocycles. The van der Waals surface area contributed by atoms with E-state index in [1.54, 1.807) is 12.1 Å². The van der Waals surface area contributed by atoms with Crippen molar-refractivity contribution in [2.24, 2.45) is 0 Å². The van der Waals surface area contributed by atoms with E-state index in [1.807, 2.05) is 48.4 Å². The highest BCUT2D eigenvalue weighted by Crippen LogP contribution is 2.26. The SMILES string of the molecule is CCC(C(=O)N1CCC(NC(=O)c2cc(SC)ccc2[N+](=O)[O-])CC1)c1ccccc1. The molecule has 2 amide bonds. The summed E-state index contributed by atoms with van der Waals surface area (Å²) in [6.45, 7) is 3.12. The highest BCUT2D eigenvalue weighted by Gasteiger charge is 2.30. The first-order chi connectivity index (χ1) is 14.9. The minimum absolute atomic E-state index is 0.0745. The van der Waals surface area contributed by atoms with Gasteiger partial charge in [0.1, 0.15) is 5.56 Å². The number of nitro groups is 1. The molecule has 2 aromatic carbocycles. The lowest BCUT2D eigenvalue weighted by Gasteiger charge is -2.34. The van der Waals surface area contributed by atoms with E-state index >= 15 is 0 Å². The monoisotopic (exact) mass is 441 g/mol. The number of nitrogens with zero attached hydrogens (tertiary/aromatic N) is 2. The average molecular weight is 442 g/mol. The summed E-state index contributed by atoms with van der Waals surface area (Å²) < 4.78 is 0. The van der Waals surface area contributed by atoms with Crippen molar-refractivity contribution in [1.82, 2.24) is 10.2 Å². The maximum absolute atomic E-state index is 13.0. The summed E-state index contributed by atoms with van der Waals surface area (Å²) in [5.41, 5.74) is 0.897. The van der Waals surface area contributed by atoms with Gasteiger partial charge in [0.15, 0.2) is 0 Å². The predicted molar refractivity (Wildman–Crippen MR) is 121 cm³/mol. The molecule has 0 radical (unpaired) electrons. The molecule has 2 aromatic rings. The maximum atomic E-state index is 13.0. The van der Waals surface area contributed by atoms with E-state index in [0.29, 0.717) is 25.9 Å². The van der Waals surface area contributed by atoms with Crippen LogP contribution in [0.5, 0.6) is 0 Å². The van der Waals surface area contributed by atoms with Gasteiger partial charge in [-0.2, -0.15) is 0 Å². The molecular formula is C23H27N3O4S. The quantitative estimate of drug-likeness (QED) is 0.394. The summed E-state index contributed by atoms with van der Waals surface area (Å²) in [4.78, 5) is 39.2. The molecule has 0 spiro atoms. The number of hydrogen-bond donors (Lipinski definition) is 1. The third-order valence-corrected chi connectivity index (χ3v) is 6.42. The van der Waals surface area contributed by atoms with Gasteiger partial charge >= 0.3 is 0 Å². The van der Waals surface area contributed by atoms with Gasteiger partial charge in [0.25, 0.3) is 11.6 Å². The van der Waals surface area contributed by atoms with Crippen molar-refractivity contribution < 1.29 is 14.5 Å². The molecule has 7 nitrogen and oxygen atoms in total. The topological polar surface area (TPSA) is 92.6 Å². The number of benzene rings is 2. The molecule has 1 aliphatic heterocycles. The molecule has 1 heterocycles. The first-order valence-corrected chi connectivity index (χ1v) is 11.6. The number of nitrogens with one attached hydrogen (secondary N) is 1. The minimum Gasteiger partial charge on any atom is -0.349 e. The van der Waals surface area contributed by atoms with Crippen molar-refractivity contribution in [1.29, 1.82) is 0 Å². The summed E-state index contributed by atoms with van der Waals surface area (Å²) in [7, 11) is 0. The summed E-state index contributed by atoms with van der Waals surface area (Å²) in [6.07, 6.45) is 3.83. The molecule has 31 heavy (non-hydrogen) atoms. The molecule has 1 N–H and O–H groups in total. The Morgan fingerprint density at radius 3 is 2.45 bits per heavy atom. The van der Waals surface area contributed by atoms with Crippen LogP contribution >= 0.6 is 11.8 Å². The van der Waals surface area contributed by atoms with Gasteiger partial charge in [0.05, 0.1) is 10.8 Å². The van der Waals surface area contributed by atoms with Crippen LogP contribution in [-0.4, -0.2) is 47.0 Å². The van der Waals surface area contributed by atoms with E-state index in [2.05, 4.69) is 5.32 Å². The van der Waals surface area contributed by atoms with Crippen molar-refractivity contribution >= 4 is 29.3 Å². The molecule has 3 rings (SSSR count). The fourth-order valence-electron chi connectivity index (χ4n) is 3.95. The Labute approximate surface area is 186 Å². The number of carbonyl (C=O) groups is 2. The van der Waals surface area contributed by atoms with E-state index in [1.165, 1.54) is 17.8 Å². The predicted octanol–water partition coefficient (Wildman–Crippen LogP) is 4.23. The van der Waals surface area contributed by atoms with Gasteiger partial charge in [-0.1, -0.05) is 37.3 Å². The summed E-state index contributed by atoms with van der Waals surface area (Å²) >= 11 is 1.43. The highest BCUT2D eigenvalue weighted by atomic mass is 32.2. The molecule has 0 bridgehead atoms. The smallest absolute Gasteiger partial charge is 0.282 e. The number of rotatable bonds is 7. The number of nitro benzene ring substituents is 1. The number of carbonyl (C=O) groups excluding carboxylic acids is 2. The van der Waals surface area contributed by atoms with Gasteiger partial charge in [-0.15, -0.1) is 11.8 Å². The van der Waals surface area contributed by atoms with Crippen molar-refractivity contribution in [2.75, 3.05) is 19.3 Å². The van der Waals surface area contributed by atoms with Crippen LogP contribution in [-0.2, 0) is 4.79 Å². The lowest BCUT2D eigenvalue weighted by molar-refractivity contribution is -0.385. The largest absolute Gasteiger partial charge is 0.349 e. The summed E-state index contributed by atoms with van der Waals surface area (Å²) in [5.74, 6) is -0.492. The van der Waals surface area contributed by atoms with Crippen LogP contribution < -0.4 is 5.32 Å². The Balaban J connectivity index is 1.62. The van der Waals surface area contributed by atoms with Crippen LogP contribution in [0.4, 0.5) is 5.69 Å². The van der Waals surface area contributed by atoms with Gasteiger partial charge < -0.3 is 10.2 Å². The van der Waals surface area contributed by atoms with Crippen molar-refractivity contribution in [3.8, 4) is 0 Å². The van der Waals surface area contributed by atoms with Crippen LogP contribution in [0.3, 0.4) is 0 Å². The Hall–Kier alpha value is -2.87. The maximum Gasteiger partial charge on any atom is 0.282 e. The number of amides is 2. The fraction of sp³-hybridized carbons (Fsp3) is 0.391. The summed E-state index contributed by atoms with van der Waals surface area (Å²) in [5, 5.41) is 14.2. The molecule has 164 valence electrons. The highest BCUT2D eigenvalue weighted by molar-refractivity contribution is 7.98. The molecule has 1 fully saturated rings. The zero-order valence-corrected chi connectivity index (χ0v) is 18.6. The zero-order chi connectivity index (χ0) is 22.4. The Bertz CT molecular complexity index is 943. The van der Waals surface area contributed by atoms with Gasteiger partial charge in [0.2, 0.25) is 5.91 Å².